The van der Waals surface area contributed by atoms with E-state index in [2.05, 4.69) is 33.2 Å². The molecule has 2 aromatic rings. The molecule has 2 aromatic carbocycles. The molecule has 0 atom stereocenters. The largest absolute Gasteiger partial charge is 0.379 e. The van der Waals surface area contributed by atoms with Crippen LogP contribution in [0.4, 0.5) is 17.1 Å². The highest BCUT2D eigenvalue weighted by molar-refractivity contribution is 14.1. The van der Waals surface area contributed by atoms with Gasteiger partial charge in [-0.05, 0) is 47.2 Å². The highest BCUT2D eigenvalue weighted by Gasteiger charge is 2.11. The minimum Gasteiger partial charge on any atom is -0.379 e. The van der Waals surface area contributed by atoms with Gasteiger partial charge in [0.25, 0.3) is 5.69 Å². The first-order valence-electron chi connectivity index (χ1n) is 7.09. The number of carbonyl (C=O) groups excluding carboxylic acids is 1. The van der Waals surface area contributed by atoms with Gasteiger partial charge in [-0.25, -0.2) is 0 Å². The van der Waals surface area contributed by atoms with Crippen LogP contribution in [0.25, 0.3) is 0 Å². The molecular weight excluding hydrogens is 409 g/mol. The summed E-state index contributed by atoms with van der Waals surface area (Å²) in [7, 11) is 0. The smallest absolute Gasteiger partial charge is 0.292 e. The number of carbonyl (C=O) groups is 1. The third-order valence-corrected chi connectivity index (χ3v) is 4.09. The van der Waals surface area contributed by atoms with Crippen molar-refractivity contribution in [2.24, 2.45) is 0 Å². The number of halogens is 1. The normalized spacial score (nSPS) is 10.1. The number of nitro benzene ring substituents is 1. The molecule has 0 heterocycles. The van der Waals surface area contributed by atoms with Crippen molar-refractivity contribution in [3.05, 3.63) is 62.2 Å². The van der Waals surface area contributed by atoms with Gasteiger partial charge in [0.2, 0.25) is 5.91 Å². The number of para-hydroxylation sites is 3. The van der Waals surface area contributed by atoms with Gasteiger partial charge >= 0.3 is 0 Å². The molecule has 0 spiro atoms. The number of nitro groups is 1. The number of nitrogens with one attached hydrogen (secondary N) is 2. The van der Waals surface area contributed by atoms with Gasteiger partial charge in [-0.3, -0.25) is 14.9 Å². The van der Waals surface area contributed by atoms with Crippen molar-refractivity contribution in [2.75, 3.05) is 17.2 Å². The minimum atomic E-state index is -0.424. The predicted octanol–water partition coefficient (Wildman–Crippen LogP) is 4.03. The van der Waals surface area contributed by atoms with Crippen molar-refractivity contribution < 1.29 is 9.72 Å². The zero-order chi connectivity index (χ0) is 16.7. The molecule has 0 saturated carbocycles. The average molecular weight is 425 g/mol. The Balaban J connectivity index is 1.79. The minimum absolute atomic E-state index is 0.0378. The zero-order valence-corrected chi connectivity index (χ0v) is 14.4. The number of nitrogens with zero attached hydrogens (tertiary/aromatic N) is 1. The fourth-order valence-corrected chi connectivity index (χ4v) is 2.55. The summed E-state index contributed by atoms with van der Waals surface area (Å²) in [5.74, 6) is -0.0709. The molecule has 0 aromatic heterocycles. The fourth-order valence-electron chi connectivity index (χ4n) is 2.03. The van der Waals surface area contributed by atoms with Crippen LogP contribution in [0.5, 0.6) is 0 Å². The molecule has 120 valence electrons. The van der Waals surface area contributed by atoms with Crippen LogP contribution >= 0.6 is 22.6 Å². The average Bonchev–Trinajstić information content (AvgIpc) is 2.54. The monoisotopic (exact) mass is 425 g/mol. The van der Waals surface area contributed by atoms with Crippen molar-refractivity contribution in [1.82, 2.24) is 0 Å². The second-order valence-corrected chi connectivity index (χ2v) is 5.99. The lowest BCUT2D eigenvalue weighted by atomic mass is 10.2. The van der Waals surface area contributed by atoms with Crippen LogP contribution in [0.15, 0.2) is 48.5 Å². The standard InChI is InChI=1S/C16H16IN3O3/c17-12-6-1-2-7-13(12)19-16(21)10-5-11-18-14-8-3-4-9-15(14)20(22)23/h1-4,6-9,18H,5,10-11H2,(H,19,21). The predicted molar refractivity (Wildman–Crippen MR) is 98.6 cm³/mol. The summed E-state index contributed by atoms with van der Waals surface area (Å²) in [5.41, 5.74) is 1.30. The lowest BCUT2D eigenvalue weighted by Gasteiger charge is -2.08. The van der Waals surface area contributed by atoms with E-state index in [0.717, 1.165) is 9.26 Å². The Morgan fingerprint density at radius 1 is 1.09 bits per heavy atom. The van der Waals surface area contributed by atoms with Crippen LogP contribution in [0.3, 0.4) is 0 Å². The fraction of sp³-hybridized carbons (Fsp3) is 0.188. The van der Waals surface area contributed by atoms with Gasteiger partial charge < -0.3 is 10.6 Å². The van der Waals surface area contributed by atoms with Gasteiger partial charge in [0.15, 0.2) is 0 Å². The highest BCUT2D eigenvalue weighted by Crippen LogP contribution is 2.23. The molecule has 0 fully saturated rings. The maximum Gasteiger partial charge on any atom is 0.292 e. The van der Waals surface area contributed by atoms with Crippen LogP contribution in [-0.4, -0.2) is 17.4 Å². The van der Waals surface area contributed by atoms with Gasteiger partial charge in [-0.1, -0.05) is 24.3 Å². The molecule has 6 nitrogen and oxygen atoms in total. The first-order valence-corrected chi connectivity index (χ1v) is 8.17. The van der Waals surface area contributed by atoms with Crippen molar-refractivity contribution in [3.63, 3.8) is 0 Å². The number of hydrogen-bond donors (Lipinski definition) is 2. The molecule has 0 radical (unpaired) electrons. The quantitative estimate of drug-likeness (QED) is 0.304. The summed E-state index contributed by atoms with van der Waals surface area (Å²) in [4.78, 5) is 22.4. The molecule has 23 heavy (non-hydrogen) atoms. The Morgan fingerprint density at radius 2 is 1.74 bits per heavy atom. The van der Waals surface area contributed by atoms with E-state index in [0.29, 0.717) is 25.1 Å². The van der Waals surface area contributed by atoms with Gasteiger partial charge in [-0.2, -0.15) is 0 Å². The summed E-state index contributed by atoms with van der Waals surface area (Å²) >= 11 is 2.17. The molecule has 1 amide bonds. The Labute approximate surface area is 147 Å². The SMILES string of the molecule is O=C(CCCNc1ccccc1[N+](=O)[O-])Nc1ccccc1I. The van der Waals surface area contributed by atoms with Gasteiger partial charge in [-0.15, -0.1) is 0 Å². The molecule has 2 N–H and O–H groups in total. The van der Waals surface area contributed by atoms with Crippen molar-refractivity contribution in [3.8, 4) is 0 Å². The van der Waals surface area contributed by atoms with Crippen LogP contribution in [-0.2, 0) is 4.79 Å². The Morgan fingerprint density at radius 3 is 2.43 bits per heavy atom. The molecule has 0 saturated heterocycles. The van der Waals surface area contributed by atoms with E-state index in [9.17, 15) is 14.9 Å². The van der Waals surface area contributed by atoms with Crippen LogP contribution in [0, 0.1) is 13.7 Å². The number of hydrogen-bond acceptors (Lipinski definition) is 4. The van der Waals surface area contributed by atoms with Gasteiger partial charge in [0, 0.05) is 22.6 Å². The van der Waals surface area contributed by atoms with E-state index in [1.807, 2.05) is 24.3 Å². The second-order valence-electron chi connectivity index (χ2n) is 4.83. The van der Waals surface area contributed by atoms with E-state index in [4.69, 9.17) is 0 Å². The number of benzene rings is 2. The lowest BCUT2D eigenvalue weighted by Crippen LogP contribution is -2.14. The van der Waals surface area contributed by atoms with E-state index in [1.54, 1.807) is 18.2 Å². The van der Waals surface area contributed by atoms with Gasteiger partial charge in [0.05, 0.1) is 10.6 Å². The third kappa shape index (κ3) is 5.20. The molecule has 2 rings (SSSR count). The molecule has 0 unspecified atom stereocenters. The van der Waals surface area contributed by atoms with E-state index >= 15 is 0 Å². The number of anilines is 2. The van der Waals surface area contributed by atoms with Crippen LogP contribution < -0.4 is 10.6 Å². The summed E-state index contributed by atoms with van der Waals surface area (Å²) in [6.45, 7) is 0.490. The molecule has 0 aliphatic carbocycles. The van der Waals surface area contributed by atoms with Crippen molar-refractivity contribution >= 4 is 45.6 Å². The Bertz CT molecular complexity index is 706. The van der Waals surface area contributed by atoms with E-state index < -0.39 is 4.92 Å². The molecular formula is C16H16IN3O3. The second kappa shape index (κ2) is 8.47. The zero-order valence-electron chi connectivity index (χ0n) is 12.3. The first kappa shape index (κ1) is 17.2. The summed E-state index contributed by atoms with van der Waals surface area (Å²) in [6.07, 6.45) is 0.930. The highest BCUT2D eigenvalue weighted by atomic mass is 127. The molecule has 7 heteroatoms. The Hall–Kier alpha value is -2.16. The van der Waals surface area contributed by atoms with Gasteiger partial charge in [0.1, 0.15) is 5.69 Å². The van der Waals surface area contributed by atoms with Crippen LogP contribution in [0.1, 0.15) is 12.8 Å². The van der Waals surface area contributed by atoms with E-state index in [1.165, 1.54) is 6.07 Å². The lowest BCUT2D eigenvalue weighted by molar-refractivity contribution is -0.384. The maximum absolute atomic E-state index is 11.9. The summed E-state index contributed by atoms with van der Waals surface area (Å²) < 4.78 is 0.983. The Kier molecular flexibility index (Phi) is 6.33. The first-order chi connectivity index (χ1) is 11.1. The van der Waals surface area contributed by atoms with Crippen molar-refractivity contribution in [2.45, 2.75) is 12.8 Å². The number of rotatable bonds is 7. The van der Waals surface area contributed by atoms with E-state index in [-0.39, 0.29) is 11.6 Å². The summed E-state index contributed by atoms with van der Waals surface area (Å²) in [6, 6.07) is 14.0. The third-order valence-electron chi connectivity index (χ3n) is 3.14. The van der Waals surface area contributed by atoms with Crippen molar-refractivity contribution in [1.29, 1.82) is 0 Å². The molecule has 0 aliphatic heterocycles. The topological polar surface area (TPSA) is 84.3 Å². The molecule has 0 bridgehead atoms. The maximum atomic E-state index is 11.9. The summed E-state index contributed by atoms with van der Waals surface area (Å²) in [5, 5.41) is 16.8. The number of amides is 1. The molecule has 0 aliphatic rings. The van der Waals surface area contributed by atoms with Crippen LogP contribution in [0.2, 0.25) is 0 Å².